The van der Waals surface area contributed by atoms with E-state index in [0.717, 1.165) is 34.5 Å². The molecule has 0 radical (unpaired) electrons. The molecule has 0 spiro atoms. The fourth-order valence-corrected chi connectivity index (χ4v) is 3.74. The van der Waals surface area contributed by atoms with Gasteiger partial charge in [0.25, 0.3) is 0 Å². The van der Waals surface area contributed by atoms with Crippen LogP contribution in [0.25, 0.3) is 11.5 Å². The number of hydrogen-bond acceptors (Lipinski definition) is 2. The average Bonchev–Trinajstić information content (AvgIpc) is 3.35. The van der Waals surface area contributed by atoms with Gasteiger partial charge in [-0.25, -0.2) is 4.68 Å². The first kappa shape index (κ1) is 17.1. The maximum absolute atomic E-state index is 12.4. The number of aryl methyl sites for hydroxylation is 1. The topological polar surface area (TPSA) is 43.1 Å². The molecular weight excluding hydrogens is 392 g/mol. The van der Waals surface area contributed by atoms with Crippen LogP contribution in [0.3, 0.4) is 0 Å². The molecule has 3 heterocycles. The first-order valence-electron chi connectivity index (χ1n) is 8.83. The summed E-state index contributed by atoms with van der Waals surface area (Å²) in [5.41, 5.74) is 4.37. The summed E-state index contributed by atoms with van der Waals surface area (Å²) in [6, 6.07) is 12.3. The predicted octanol–water partition coefficient (Wildman–Crippen LogP) is 3.99. The van der Waals surface area contributed by atoms with Gasteiger partial charge in [-0.3, -0.25) is 4.79 Å². The van der Waals surface area contributed by atoms with Crippen LogP contribution >= 0.6 is 15.9 Å². The third-order valence-corrected chi connectivity index (χ3v) is 5.36. The van der Waals surface area contributed by atoms with Crippen molar-refractivity contribution >= 4 is 21.8 Å². The van der Waals surface area contributed by atoms with Crippen molar-refractivity contribution in [3.05, 3.63) is 65.6 Å². The van der Waals surface area contributed by atoms with Gasteiger partial charge in [0.05, 0.1) is 24.5 Å². The van der Waals surface area contributed by atoms with E-state index in [9.17, 15) is 4.79 Å². The maximum Gasteiger partial charge on any atom is 0.223 e. The van der Waals surface area contributed by atoms with Crippen molar-refractivity contribution in [2.45, 2.75) is 32.9 Å². The number of fused-ring (bicyclic) bond motifs is 1. The molecule has 1 aromatic carbocycles. The van der Waals surface area contributed by atoms with Gasteiger partial charge in [0.1, 0.15) is 5.82 Å². The minimum atomic E-state index is 0.198. The van der Waals surface area contributed by atoms with Gasteiger partial charge >= 0.3 is 0 Å². The summed E-state index contributed by atoms with van der Waals surface area (Å²) < 4.78 is 4.10. The van der Waals surface area contributed by atoms with Crippen molar-refractivity contribution in [2.24, 2.45) is 0 Å². The number of halogens is 1. The van der Waals surface area contributed by atoms with Crippen LogP contribution in [0, 0.1) is 6.92 Å². The SMILES string of the molecule is Cc1ccccc1-n1nc2c(c1-n1cccc1)CN(C(=O)CCCBr)C2. The van der Waals surface area contributed by atoms with Crippen molar-refractivity contribution in [3.8, 4) is 11.5 Å². The predicted molar refractivity (Wildman–Crippen MR) is 105 cm³/mol. The lowest BCUT2D eigenvalue weighted by molar-refractivity contribution is -0.131. The fourth-order valence-electron chi connectivity index (χ4n) is 3.46. The molecule has 0 bridgehead atoms. The van der Waals surface area contributed by atoms with Gasteiger partial charge in [-0.15, -0.1) is 0 Å². The smallest absolute Gasteiger partial charge is 0.223 e. The largest absolute Gasteiger partial charge is 0.332 e. The lowest BCUT2D eigenvalue weighted by atomic mass is 10.2. The Kier molecular flexibility index (Phi) is 4.68. The number of rotatable bonds is 5. The molecule has 3 aromatic rings. The molecule has 0 saturated carbocycles. The highest BCUT2D eigenvalue weighted by atomic mass is 79.9. The highest BCUT2D eigenvalue weighted by Gasteiger charge is 2.31. The molecule has 134 valence electrons. The van der Waals surface area contributed by atoms with Gasteiger partial charge in [-0.1, -0.05) is 34.1 Å². The minimum Gasteiger partial charge on any atom is -0.332 e. The van der Waals surface area contributed by atoms with Crippen molar-refractivity contribution in [2.75, 3.05) is 5.33 Å². The number of amides is 1. The molecule has 4 rings (SSSR count). The quantitative estimate of drug-likeness (QED) is 0.594. The lowest BCUT2D eigenvalue weighted by Gasteiger charge is -2.18. The number of benzene rings is 1. The number of aromatic nitrogens is 3. The molecule has 2 aromatic heterocycles. The Bertz CT molecular complexity index is 929. The van der Waals surface area contributed by atoms with Crippen LogP contribution in [0.4, 0.5) is 0 Å². The molecule has 5 nitrogen and oxygen atoms in total. The number of carbonyl (C=O) groups is 1. The zero-order valence-electron chi connectivity index (χ0n) is 14.7. The number of carbonyl (C=O) groups excluding carboxylic acids is 1. The summed E-state index contributed by atoms with van der Waals surface area (Å²) in [5.74, 6) is 1.22. The minimum absolute atomic E-state index is 0.198. The Hall–Kier alpha value is -2.34. The third-order valence-electron chi connectivity index (χ3n) is 4.80. The van der Waals surface area contributed by atoms with Crippen LogP contribution in [-0.2, 0) is 17.9 Å². The molecule has 0 fully saturated rings. The Balaban J connectivity index is 1.75. The summed E-state index contributed by atoms with van der Waals surface area (Å²) in [6.07, 6.45) is 5.50. The third kappa shape index (κ3) is 2.98. The van der Waals surface area contributed by atoms with E-state index < -0.39 is 0 Å². The molecular formula is C20H21BrN4O. The number of para-hydroxylation sites is 1. The Labute approximate surface area is 161 Å². The van der Waals surface area contributed by atoms with Crippen molar-refractivity contribution in [1.82, 2.24) is 19.2 Å². The van der Waals surface area contributed by atoms with E-state index in [4.69, 9.17) is 5.10 Å². The fraction of sp³-hybridized carbons (Fsp3) is 0.300. The number of alkyl halides is 1. The molecule has 1 amide bonds. The highest BCUT2D eigenvalue weighted by molar-refractivity contribution is 9.09. The van der Waals surface area contributed by atoms with Gasteiger partial charge in [-0.2, -0.15) is 5.10 Å². The normalized spacial score (nSPS) is 13.2. The van der Waals surface area contributed by atoms with Gasteiger partial charge in [0, 0.05) is 29.7 Å². The first-order valence-corrected chi connectivity index (χ1v) is 9.95. The maximum atomic E-state index is 12.4. The summed E-state index contributed by atoms with van der Waals surface area (Å²) in [5, 5.41) is 5.74. The van der Waals surface area contributed by atoms with Crippen LogP contribution in [0.1, 0.15) is 29.7 Å². The van der Waals surface area contributed by atoms with Gasteiger partial charge in [0.2, 0.25) is 5.91 Å². The molecule has 26 heavy (non-hydrogen) atoms. The van der Waals surface area contributed by atoms with E-state index in [2.05, 4.69) is 39.6 Å². The van der Waals surface area contributed by atoms with E-state index in [1.54, 1.807) is 0 Å². The summed E-state index contributed by atoms with van der Waals surface area (Å²) in [7, 11) is 0. The van der Waals surface area contributed by atoms with Crippen LogP contribution in [0.5, 0.6) is 0 Å². The second kappa shape index (κ2) is 7.11. The molecule has 6 heteroatoms. The van der Waals surface area contributed by atoms with E-state index in [1.807, 2.05) is 46.2 Å². The van der Waals surface area contributed by atoms with E-state index in [-0.39, 0.29) is 5.91 Å². The van der Waals surface area contributed by atoms with Crippen LogP contribution in [0.2, 0.25) is 0 Å². The molecule has 1 aliphatic heterocycles. The van der Waals surface area contributed by atoms with Crippen LogP contribution < -0.4 is 0 Å². The second-order valence-corrected chi connectivity index (χ2v) is 7.37. The van der Waals surface area contributed by atoms with Gasteiger partial charge in [0.15, 0.2) is 0 Å². The summed E-state index contributed by atoms with van der Waals surface area (Å²) >= 11 is 3.40. The van der Waals surface area contributed by atoms with E-state index in [0.29, 0.717) is 19.5 Å². The van der Waals surface area contributed by atoms with E-state index in [1.165, 1.54) is 5.56 Å². The van der Waals surface area contributed by atoms with Gasteiger partial charge < -0.3 is 9.47 Å². The van der Waals surface area contributed by atoms with Crippen molar-refractivity contribution in [1.29, 1.82) is 0 Å². The average molecular weight is 413 g/mol. The summed E-state index contributed by atoms with van der Waals surface area (Å²) in [4.78, 5) is 14.4. The Morgan fingerprint density at radius 2 is 1.92 bits per heavy atom. The van der Waals surface area contributed by atoms with Crippen molar-refractivity contribution in [3.63, 3.8) is 0 Å². The monoisotopic (exact) mass is 412 g/mol. The molecule has 0 unspecified atom stereocenters. The Morgan fingerprint density at radius 3 is 2.65 bits per heavy atom. The van der Waals surface area contributed by atoms with Crippen LogP contribution in [-0.4, -0.2) is 30.5 Å². The highest BCUT2D eigenvalue weighted by Crippen LogP contribution is 2.31. The summed E-state index contributed by atoms with van der Waals surface area (Å²) in [6.45, 7) is 3.30. The first-order chi connectivity index (χ1) is 12.7. The van der Waals surface area contributed by atoms with Crippen molar-refractivity contribution < 1.29 is 4.79 Å². The Morgan fingerprint density at radius 1 is 1.15 bits per heavy atom. The zero-order valence-corrected chi connectivity index (χ0v) is 16.3. The number of nitrogens with zero attached hydrogens (tertiary/aromatic N) is 4. The van der Waals surface area contributed by atoms with Crippen LogP contribution in [0.15, 0.2) is 48.8 Å². The van der Waals surface area contributed by atoms with Gasteiger partial charge in [-0.05, 0) is 37.1 Å². The standard InChI is InChI=1S/C20H21BrN4O/c1-15-7-2-3-8-18(15)25-20(23-11-4-5-12-23)16-13-24(14-17(16)22-25)19(26)9-6-10-21/h2-5,7-8,11-12H,6,9-10,13-14H2,1H3. The molecule has 0 aliphatic carbocycles. The molecule has 1 aliphatic rings. The zero-order chi connectivity index (χ0) is 18.1. The molecule has 0 saturated heterocycles. The number of hydrogen-bond donors (Lipinski definition) is 0. The molecule has 0 atom stereocenters. The second-order valence-electron chi connectivity index (χ2n) is 6.58. The van der Waals surface area contributed by atoms with E-state index >= 15 is 0 Å². The lowest BCUT2D eigenvalue weighted by Crippen LogP contribution is -2.26. The molecule has 0 N–H and O–H groups in total.